The van der Waals surface area contributed by atoms with E-state index in [1.807, 2.05) is 26.0 Å². The summed E-state index contributed by atoms with van der Waals surface area (Å²) in [6.45, 7) is 3.58. The van der Waals surface area contributed by atoms with Gasteiger partial charge in [-0.25, -0.2) is 4.63 Å². The van der Waals surface area contributed by atoms with Crippen LogP contribution in [-0.2, 0) is 4.79 Å². The second kappa shape index (κ2) is 8.09. The Morgan fingerprint density at radius 1 is 1.11 bits per heavy atom. The Kier molecular flexibility index (Phi) is 5.61. The number of methoxy groups -OCH3 is 1. The van der Waals surface area contributed by atoms with Crippen molar-refractivity contribution in [2.45, 2.75) is 13.8 Å². The van der Waals surface area contributed by atoms with Gasteiger partial charge in [0.05, 0.1) is 7.11 Å². The van der Waals surface area contributed by atoms with E-state index < -0.39 is 0 Å². The molecule has 0 atom stereocenters. The van der Waals surface area contributed by atoms with Gasteiger partial charge in [-0.1, -0.05) is 11.6 Å². The highest BCUT2D eigenvalue weighted by Crippen LogP contribution is 2.30. The van der Waals surface area contributed by atoms with Gasteiger partial charge >= 0.3 is 0 Å². The Bertz CT molecular complexity index is 971. The van der Waals surface area contributed by atoms with Gasteiger partial charge in [-0.2, -0.15) is 0 Å². The Balaban J connectivity index is 1.69. The summed E-state index contributed by atoms with van der Waals surface area (Å²) in [5, 5.41) is 11.0. The average Bonchev–Trinajstić information content (AvgIpc) is 3.10. The van der Waals surface area contributed by atoms with Crippen molar-refractivity contribution in [2.75, 3.05) is 19.0 Å². The van der Waals surface area contributed by atoms with Crippen molar-refractivity contribution in [1.29, 1.82) is 0 Å². The number of aryl methyl sites for hydroxylation is 2. The van der Waals surface area contributed by atoms with Crippen LogP contribution in [0, 0.1) is 13.8 Å². The number of benzene rings is 2. The number of hydrogen-bond donors (Lipinski definition) is 1. The number of aromatic nitrogens is 2. The van der Waals surface area contributed by atoms with Gasteiger partial charge in [-0.3, -0.25) is 4.79 Å². The Labute approximate surface area is 161 Å². The fraction of sp³-hybridized carbons (Fsp3) is 0.211. The molecule has 0 saturated heterocycles. The first kappa shape index (κ1) is 18.7. The van der Waals surface area contributed by atoms with Crippen molar-refractivity contribution < 1.29 is 18.9 Å². The third kappa shape index (κ3) is 4.38. The Hall–Kier alpha value is -3.06. The molecule has 3 aromatic rings. The van der Waals surface area contributed by atoms with Gasteiger partial charge in [-0.05, 0) is 71.7 Å². The predicted molar refractivity (Wildman–Crippen MR) is 101 cm³/mol. The summed E-state index contributed by atoms with van der Waals surface area (Å²) < 4.78 is 15.5. The molecule has 0 radical (unpaired) electrons. The molecular weight excluding hydrogens is 370 g/mol. The summed E-state index contributed by atoms with van der Waals surface area (Å²) in [6.07, 6.45) is 0. The number of nitrogens with zero attached hydrogens (tertiary/aromatic N) is 2. The molecule has 27 heavy (non-hydrogen) atoms. The van der Waals surface area contributed by atoms with Crippen LogP contribution in [0.25, 0.3) is 11.3 Å². The van der Waals surface area contributed by atoms with Gasteiger partial charge in [0.2, 0.25) is 5.82 Å². The van der Waals surface area contributed by atoms with Crippen LogP contribution in [0.5, 0.6) is 11.5 Å². The Morgan fingerprint density at radius 3 is 2.56 bits per heavy atom. The number of halogens is 1. The molecule has 2 aromatic carbocycles. The number of carbonyl (C=O) groups excluding carboxylic acids is 1. The van der Waals surface area contributed by atoms with Crippen molar-refractivity contribution >= 4 is 23.3 Å². The van der Waals surface area contributed by atoms with Crippen molar-refractivity contribution in [3.8, 4) is 22.8 Å². The molecule has 0 saturated carbocycles. The zero-order valence-electron chi connectivity index (χ0n) is 15.1. The second-order valence-corrected chi connectivity index (χ2v) is 6.30. The number of ether oxygens (including phenoxy) is 2. The molecule has 0 unspecified atom stereocenters. The van der Waals surface area contributed by atoms with E-state index in [-0.39, 0.29) is 18.3 Å². The predicted octanol–water partition coefficient (Wildman–Crippen LogP) is 4.03. The van der Waals surface area contributed by atoms with E-state index >= 15 is 0 Å². The maximum absolute atomic E-state index is 12.2. The summed E-state index contributed by atoms with van der Waals surface area (Å²) >= 11 is 5.98. The maximum atomic E-state index is 12.2. The molecule has 3 rings (SSSR count). The van der Waals surface area contributed by atoms with Crippen LogP contribution in [0.15, 0.2) is 41.0 Å². The molecule has 0 spiro atoms. The van der Waals surface area contributed by atoms with Gasteiger partial charge in [0.15, 0.2) is 12.3 Å². The zero-order chi connectivity index (χ0) is 19.4. The molecule has 1 N–H and O–H groups in total. The molecule has 0 aliphatic rings. The first-order chi connectivity index (χ1) is 13.0. The normalized spacial score (nSPS) is 10.5. The molecule has 1 aromatic heterocycles. The summed E-state index contributed by atoms with van der Waals surface area (Å²) in [6, 6.07) is 10.7. The van der Waals surface area contributed by atoms with E-state index in [9.17, 15) is 4.79 Å². The van der Waals surface area contributed by atoms with Crippen molar-refractivity contribution in [2.24, 2.45) is 0 Å². The zero-order valence-corrected chi connectivity index (χ0v) is 15.8. The molecule has 0 bridgehead atoms. The van der Waals surface area contributed by atoms with E-state index in [4.69, 9.17) is 25.7 Å². The molecule has 140 valence electrons. The number of hydrogen-bond acceptors (Lipinski definition) is 6. The third-order valence-corrected chi connectivity index (χ3v) is 4.36. The van der Waals surface area contributed by atoms with Crippen LogP contribution >= 0.6 is 11.6 Å². The molecule has 1 amide bonds. The summed E-state index contributed by atoms with van der Waals surface area (Å²) in [7, 11) is 1.60. The van der Waals surface area contributed by atoms with Gasteiger partial charge in [0, 0.05) is 10.6 Å². The largest absolute Gasteiger partial charge is 0.497 e. The Morgan fingerprint density at radius 2 is 1.85 bits per heavy atom. The highest BCUT2D eigenvalue weighted by molar-refractivity contribution is 6.31. The summed E-state index contributed by atoms with van der Waals surface area (Å²) in [4.78, 5) is 12.2. The maximum Gasteiger partial charge on any atom is 0.263 e. The van der Waals surface area contributed by atoms with Crippen LogP contribution < -0.4 is 14.8 Å². The van der Waals surface area contributed by atoms with Crippen LogP contribution in [-0.4, -0.2) is 29.9 Å². The minimum absolute atomic E-state index is 0.186. The highest BCUT2D eigenvalue weighted by Gasteiger charge is 2.17. The minimum atomic E-state index is -0.384. The second-order valence-electron chi connectivity index (χ2n) is 5.89. The van der Waals surface area contributed by atoms with E-state index in [0.717, 1.165) is 22.4 Å². The standard InChI is InChI=1S/C19H18ClN3O4/c1-11-8-13(25-3)4-6-15(11)18-19(23-27-22-18)21-17(24)10-26-14-5-7-16(20)12(2)9-14/h4-9H,10H2,1-3H3,(H,21,23,24). The first-order valence-electron chi connectivity index (χ1n) is 8.14. The van der Waals surface area contributed by atoms with E-state index in [2.05, 4.69) is 15.6 Å². The monoisotopic (exact) mass is 387 g/mol. The van der Waals surface area contributed by atoms with Gasteiger partial charge < -0.3 is 14.8 Å². The molecule has 0 aliphatic carbocycles. The number of carbonyl (C=O) groups is 1. The van der Waals surface area contributed by atoms with Crippen molar-refractivity contribution in [3.05, 3.63) is 52.5 Å². The average molecular weight is 388 g/mol. The summed E-state index contributed by atoms with van der Waals surface area (Å²) in [5.74, 6) is 1.12. The lowest BCUT2D eigenvalue weighted by atomic mass is 10.1. The lowest BCUT2D eigenvalue weighted by molar-refractivity contribution is -0.118. The van der Waals surface area contributed by atoms with Crippen molar-refractivity contribution in [3.63, 3.8) is 0 Å². The molecular formula is C19H18ClN3O4. The van der Waals surface area contributed by atoms with E-state index in [1.54, 1.807) is 31.4 Å². The fourth-order valence-electron chi connectivity index (χ4n) is 2.50. The molecule has 0 fully saturated rings. The van der Waals surface area contributed by atoms with E-state index in [0.29, 0.717) is 16.5 Å². The van der Waals surface area contributed by atoms with Crippen LogP contribution in [0.3, 0.4) is 0 Å². The van der Waals surface area contributed by atoms with Crippen LogP contribution in [0.1, 0.15) is 11.1 Å². The molecule has 0 aliphatic heterocycles. The number of rotatable bonds is 6. The van der Waals surface area contributed by atoms with E-state index in [1.165, 1.54) is 0 Å². The molecule has 8 heteroatoms. The molecule has 1 heterocycles. The lowest BCUT2D eigenvalue weighted by Gasteiger charge is -2.09. The number of nitrogens with one attached hydrogen (secondary N) is 1. The van der Waals surface area contributed by atoms with Crippen LogP contribution in [0.4, 0.5) is 5.82 Å². The summed E-state index contributed by atoms with van der Waals surface area (Å²) in [5.41, 5.74) is 2.99. The van der Waals surface area contributed by atoms with Gasteiger partial charge in [-0.15, -0.1) is 0 Å². The van der Waals surface area contributed by atoms with Gasteiger partial charge in [0.25, 0.3) is 5.91 Å². The third-order valence-electron chi connectivity index (χ3n) is 3.93. The minimum Gasteiger partial charge on any atom is -0.497 e. The lowest BCUT2D eigenvalue weighted by Crippen LogP contribution is -2.20. The first-order valence-corrected chi connectivity index (χ1v) is 8.52. The van der Waals surface area contributed by atoms with Crippen molar-refractivity contribution in [1.82, 2.24) is 10.3 Å². The SMILES string of the molecule is COc1ccc(-c2nonc2NC(=O)COc2ccc(Cl)c(C)c2)c(C)c1. The number of anilines is 1. The van der Waals surface area contributed by atoms with Crippen LogP contribution in [0.2, 0.25) is 5.02 Å². The fourth-order valence-corrected chi connectivity index (χ4v) is 2.62. The topological polar surface area (TPSA) is 86.5 Å². The smallest absolute Gasteiger partial charge is 0.263 e. The number of amides is 1. The molecule has 7 nitrogen and oxygen atoms in total. The highest BCUT2D eigenvalue weighted by atomic mass is 35.5. The quantitative estimate of drug-likeness (QED) is 0.687. The van der Waals surface area contributed by atoms with Gasteiger partial charge in [0.1, 0.15) is 11.5 Å².